The standard InChI is InChI=1S/C19H22N2O3/c22-18-6-5-15(11-20-18)12-21-13-16-3-1-2-4-17(16)24-19(14-21)7-9-23-10-8-19/h1-6,11H,7-10,12-14H2,(H,20,22). The van der Waals surface area contributed by atoms with Gasteiger partial charge in [-0.15, -0.1) is 0 Å². The minimum atomic E-state index is -0.187. The Bertz CT molecular complexity index is 745. The zero-order valence-corrected chi connectivity index (χ0v) is 13.7. The van der Waals surface area contributed by atoms with E-state index in [4.69, 9.17) is 9.47 Å². The number of rotatable bonds is 2. The molecule has 0 saturated carbocycles. The Hall–Kier alpha value is -2.11. The first-order chi connectivity index (χ1) is 11.7. The largest absolute Gasteiger partial charge is 0.485 e. The molecule has 2 aromatic rings. The van der Waals surface area contributed by atoms with Crippen molar-refractivity contribution >= 4 is 0 Å². The lowest BCUT2D eigenvalue weighted by atomic mass is 9.93. The fraction of sp³-hybridized carbons (Fsp3) is 0.421. The average Bonchev–Trinajstić information content (AvgIpc) is 2.73. The van der Waals surface area contributed by atoms with Crippen LogP contribution in [-0.4, -0.2) is 35.2 Å². The van der Waals surface area contributed by atoms with Gasteiger partial charge >= 0.3 is 0 Å². The molecule has 1 N–H and O–H groups in total. The van der Waals surface area contributed by atoms with E-state index >= 15 is 0 Å². The maximum atomic E-state index is 11.3. The lowest BCUT2D eigenvalue weighted by molar-refractivity contribution is -0.0594. The van der Waals surface area contributed by atoms with Gasteiger partial charge in [0.2, 0.25) is 5.56 Å². The molecule has 126 valence electrons. The number of hydrogen-bond acceptors (Lipinski definition) is 4. The molecule has 1 aromatic heterocycles. The molecule has 1 spiro atoms. The molecule has 1 fully saturated rings. The third-order valence-electron chi connectivity index (χ3n) is 4.86. The quantitative estimate of drug-likeness (QED) is 0.920. The van der Waals surface area contributed by atoms with Crippen LogP contribution in [-0.2, 0) is 17.8 Å². The number of aromatic amines is 1. The molecule has 5 nitrogen and oxygen atoms in total. The van der Waals surface area contributed by atoms with Crippen molar-refractivity contribution in [3.05, 3.63) is 64.1 Å². The van der Waals surface area contributed by atoms with Crippen LogP contribution in [0.2, 0.25) is 0 Å². The van der Waals surface area contributed by atoms with Gasteiger partial charge in [0, 0.05) is 50.3 Å². The Kier molecular flexibility index (Phi) is 4.12. The summed E-state index contributed by atoms with van der Waals surface area (Å²) in [5, 5.41) is 0. The van der Waals surface area contributed by atoms with Gasteiger partial charge in [0.05, 0.1) is 13.2 Å². The Morgan fingerprint density at radius 3 is 2.75 bits per heavy atom. The Morgan fingerprint density at radius 2 is 1.96 bits per heavy atom. The molecule has 3 heterocycles. The van der Waals surface area contributed by atoms with Crippen LogP contribution < -0.4 is 10.3 Å². The highest BCUT2D eigenvalue weighted by atomic mass is 16.5. The smallest absolute Gasteiger partial charge is 0.247 e. The number of hydrogen-bond donors (Lipinski definition) is 1. The van der Waals surface area contributed by atoms with Gasteiger partial charge in [0.1, 0.15) is 11.4 Å². The minimum absolute atomic E-state index is 0.0656. The zero-order chi connectivity index (χ0) is 16.4. The number of para-hydroxylation sites is 1. The third kappa shape index (κ3) is 3.23. The first-order valence-corrected chi connectivity index (χ1v) is 8.47. The third-order valence-corrected chi connectivity index (χ3v) is 4.86. The summed E-state index contributed by atoms with van der Waals surface area (Å²) in [4.78, 5) is 16.4. The maximum absolute atomic E-state index is 11.3. The average molecular weight is 326 g/mol. The molecule has 0 atom stereocenters. The molecule has 0 bridgehead atoms. The van der Waals surface area contributed by atoms with E-state index in [1.165, 1.54) is 5.56 Å². The summed E-state index contributed by atoms with van der Waals surface area (Å²) >= 11 is 0. The maximum Gasteiger partial charge on any atom is 0.247 e. The number of nitrogens with one attached hydrogen (secondary N) is 1. The van der Waals surface area contributed by atoms with Gasteiger partial charge in [0.15, 0.2) is 0 Å². The fourth-order valence-electron chi connectivity index (χ4n) is 3.62. The highest BCUT2D eigenvalue weighted by Gasteiger charge is 2.39. The van der Waals surface area contributed by atoms with Crippen molar-refractivity contribution in [2.45, 2.75) is 31.5 Å². The number of fused-ring (bicyclic) bond motifs is 1. The Labute approximate surface area is 141 Å². The number of H-pyrrole nitrogens is 1. The lowest BCUT2D eigenvalue weighted by Gasteiger charge is -2.39. The monoisotopic (exact) mass is 326 g/mol. The SMILES string of the molecule is O=c1ccc(CN2Cc3ccccc3OC3(CCOCC3)C2)c[nH]1. The normalized spacial score (nSPS) is 20.2. The van der Waals surface area contributed by atoms with Gasteiger partial charge in [-0.05, 0) is 11.6 Å². The van der Waals surface area contributed by atoms with E-state index in [0.29, 0.717) is 0 Å². The molecule has 1 aromatic carbocycles. The van der Waals surface area contributed by atoms with Crippen LogP contribution in [0.15, 0.2) is 47.4 Å². The molecule has 2 aliphatic rings. The van der Waals surface area contributed by atoms with Crippen LogP contribution >= 0.6 is 0 Å². The molecule has 1 saturated heterocycles. The van der Waals surface area contributed by atoms with Gasteiger partial charge in [-0.1, -0.05) is 24.3 Å². The van der Waals surface area contributed by atoms with Gasteiger partial charge in [-0.25, -0.2) is 0 Å². The zero-order valence-electron chi connectivity index (χ0n) is 13.7. The Balaban J connectivity index is 1.63. The molecule has 0 aliphatic carbocycles. The van der Waals surface area contributed by atoms with E-state index < -0.39 is 0 Å². The summed E-state index contributed by atoms with van der Waals surface area (Å²) in [5.41, 5.74) is 2.07. The summed E-state index contributed by atoms with van der Waals surface area (Å²) in [6.45, 7) is 3.99. The number of ether oxygens (including phenoxy) is 2. The van der Waals surface area contributed by atoms with Crippen LogP contribution in [0.3, 0.4) is 0 Å². The Morgan fingerprint density at radius 1 is 1.12 bits per heavy atom. The molecule has 5 heteroatoms. The van der Waals surface area contributed by atoms with Crippen LogP contribution in [0.1, 0.15) is 24.0 Å². The van der Waals surface area contributed by atoms with Gasteiger partial charge in [0.25, 0.3) is 0 Å². The molecule has 0 radical (unpaired) electrons. The van der Waals surface area contributed by atoms with Crippen LogP contribution in [0.5, 0.6) is 5.75 Å². The van der Waals surface area contributed by atoms with Crippen molar-refractivity contribution in [3.63, 3.8) is 0 Å². The van der Waals surface area contributed by atoms with E-state index in [1.54, 1.807) is 12.3 Å². The molecule has 0 amide bonds. The second-order valence-corrected chi connectivity index (χ2v) is 6.71. The summed E-state index contributed by atoms with van der Waals surface area (Å²) in [6, 6.07) is 11.8. The van der Waals surface area contributed by atoms with Crippen LogP contribution in [0.4, 0.5) is 0 Å². The summed E-state index contributed by atoms with van der Waals surface area (Å²) < 4.78 is 12.0. The number of pyridine rings is 1. The van der Waals surface area contributed by atoms with Crippen LogP contribution in [0, 0.1) is 0 Å². The number of benzene rings is 1. The first-order valence-electron chi connectivity index (χ1n) is 8.47. The van der Waals surface area contributed by atoms with E-state index in [-0.39, 0.29) is 11.2 Å². The van der Waals surface area contributed by atoms with E-state index in [0.717, 1.165) is 57.0 Å². The molecule has 2 aliphatic heterocycles. The number of nitrogens with zero attached hydrogens (tertiary/aromatic N) is 1. The van der Waals surface area contributed by atoms with E-state index in [2.05, 4.69) is 28.1 Å². The summed E-state index contributed by atoms with van der Waals surface area (Å²) in [6.07, 6.45) is 3.61. The molecule has 0 unspecified atom stereocenters. The number of aromatic nitrogens is 1. The van der Waals surface area contributed by atoms with Crippen molar-refractivity contribution in [1.82, 2.24) is 9.88 Å². The van der Waals surface area contributed by atoms with Crippen LogP contribution in [0.25, 0.3) is 0 Å². The topological polar surface area (TPSA) is 54.6 Å². The second kappa shape index (κ2) is 6.42. The molecule has 4 rings (SSSR count). The molecule has 24 heavy (non-hydrogen) atoms. The fourth-order valence-corrected chi connectivity index (χ4v) is 3.62. The van der Waals surface area contributed by atoms with Crippen molar-refractivity contribution in [2.75, 3.05) is 19.8 Å². The van der Waals surface area contributed by atoms with Crippen molar-refractivity contribution in [1.29, 1.82) is 0 Å². The van der Waals surface area contributed by atoms with E-state index in [1.807, 2.05) is 12.1 Å². The van der Waals surface area contributed by atoms with Gasteiger partial charge in [-0.2, -0.15) is 0 Å². The first kappa shape index (κ1) is 15.4. The predicted molar refractivity (Wildman–Crippen MR) is 91.0 cm³/mol. The minimum Gasteiger partial charge on any atom is -0.485 e. The molecular formula is C19H22N2O3. The molecular weight excluding hydrogens is 304 g/mol. The highest BCUT2D eigenvalue weighted by Crippen LogP contribution is 2.35. The highest BCUT2D eigenvalue weighted by molar-refractivity contribution is 5.35. The van der Waals surface area contributed by atoms with Gasteiger partial charge in [-0.3, -0.25) is 9.69 Å². The van der Waals surface area contributed by atoms with Crippen molar-refractivity contribution in [3.8, 4) is 5.75 Å². The summed E-state index contributed by atoms with van der Waals surface area (Å²) in [7, 11) is 0. The lowest BCUT2D eigenvalue weighted by Crippen LogP contribution is -2.49. The van der Waals surface area contributed by atoms with Crippen molar-refractivity contribution < 1.29 is 9.47 Å². The second-order valence-electron chi connectivity index (χ2n) is 6.71. The van der Waals surface area contributed by atoms with Crippen molar-refractivity contribution in [2.24, 2.45) is 0 Å². The summed E-state index contributed by atoms with van der Waals surface area (Å²) in [5.74, 6) is 0.989. The predicted octanol–water partition coefficient (Wildman–Crippen LogP) is 2.32. The van der Waals surface area contributed by atoms with Gasteiger partial charge < -0.3 is 14.5 Å². The van der Waals surface area contributed by atoms with E-state index in [9.17, 15) is 4.79 Å².